The molecule has 1 fully saturated rings. The molecule has 10 heteroatoms. The second kappa shape index (κ2) is 8.09. The number of nitrogens with zero attached hydrogens (tertiary/aromatic N) is 4. The number of aryl methyl sites for hydroxylation is 1. The monoisotopic (exact) mass is 457 g/mol. The van der Waals surface area contributed by atoms with Crippen molar-refractivity contribution in [3.05, 3.63) is 63.2 Å². The Labute approximate surface area is 186 Å². The van der Waals surface area contributed by atoms with E-state index in [9.17, 15) is 18.0 Å². The summed E-state index contributed by atoms with van der Waals surface area (Å²) in [6.45, 7) is 4.08. The molecule has 3 heterocycles. The molecule has 1 aliphatic rings. The zero-order chi connectivity index (χ0) is 23.2. The van der Waals surface area contributed by atoms with E-state index in [0.29, 0.717) is 34.7 Å². The molecule has 0 spiro atoms. The fourth-order valence-corrected chi connectivity index (χ4v) is 4.69. The molecule has 1 atom stereocenters. The Morgan fingerprint density at radius 1 is 1.22 bits per heavy atom. The average Bonchev–Trinajstić information content (AvgIpc) is 3.20. The summed E-state index contributed by atoms with van der Waals surface area (Å²) in [6, 6.07) is 8.26. The van der Waals surface area contributed by atoms with E-state index >= 15 is 0 Å². The lowest BCUT2D eigenvalue weighted by Crippen LogP contribution is -2.39. The average molecular weight is 458 g/mol. The molecule has 0 radical (unpaired) electrons. The number of amides is 1. The Morgan fingerprint density at radius 3 is 2.66 bits per heavy atom. The Kier molecular flexibility index (Phi) is 5.58. The molecule has 1 aromatic carbocycles. The molecule has 1 amide bonds. The second-order valence-electron chi connectivity index (χ2n) is 8.29. The van der Waals surface area contributed by atoms with Crippen molar-refractivity contribution in [3.63, 3.8) is 0 Å². The molecule has 1 unspecified atom stereocenters. The number of para-hydroxylation sites is 1. The van der Waals surface area contributed by atoms with Crippen LogP contribution in [0.15, 0.2) is 35.1 Å². The maximum atomic E-state index is 13.6. The molecule has 0 saturated carbocycles. The van der Waals surface area contributed by atoms with Crippen LogP contribution in [-0.2, 0) is 10.0 Å². The van der Waals surface area contributed by atoms with Crippen molar-refractivity contribution < 1.29 is 13.2 Å². The van der Waals surface area contributed by atoms with E-state index in [-0.39, 0.29) is 17.5 Å². The number of fused-ring (bicyclic) bond motifs is 1. The third kappa shape index (κ3) is 3.79. The number of carbonyl (C=O) groups excluding carboxylic acids is 1. The van der Waals surface area contributed by atoms with Crippen molar-refractivity contribution in [2.75, 3.05) is 24.2 Å². The predicted octanol–water partition coefficient (Wildman–Crippen LogP) is 2.40. The number of hydrogen-bond acceptors (Lipinski definition) is 5. The lowest BCUT2D eigenvalue weighted by molar-refractivity contribution is 0.0606. The largest absolute Gasteiger partial charge is 0.330 e. The number of nitrogens with one attached hydrogen (secondary N) is 1. The number of sulfonamides is 1. The zero-order valence-corrected chi connectivity index (χ0v) is 19.4. The van der Waals surface area contributed by atoms with Crippen molar-refractivity contribution in [1.82, 2.24) is 19.5 Å². The lowest BCUT2D eigenvalue weighted by Gasteiger charge is -2.36. The van der Waals surface area contributed by atoms with Gasteiger partial charge in [0.25, 0.3) is 11.5 Å². The number of rotatable bonds is 4. The lowest BCUT2D eigenvalue weighted by atomic mass is 9.98. The van der Waals surface area contributed by atoms with E-state index in [1.54, 1.807) is 43.0 Å². The third-order valence-corrected chi connectivity index (χ3v) is 7.39. The number of carbonyl (C=O) groups is 1. The summed E-state index contributed by atoms with van der Waals surface area (Å²) in [5.41, 5.74) is 3.01. The van der Waals surface area contributed by atoms with Crippen LogP contribution < -0.4 is 9.86 Å². The minimum absolute atomic E-state index is 0.160. The van der Waals surface area contributed by atoms with Crippen LogP contribution in [0.2, 0.25) is 0 Å². The standard InChI is InChI=1S/C22H27N5O4S/c1-14-15(2)23-20-13-17(24-27(20)21(14)28)19-11-7-8-12-26(19)22(29)16-9-5-6-10-18(16)25(3)32(4,30)31/h5-6,9-10,13,19,24H,7-8,11-12H2,1-4H3. The maximum absolute atomic E-state index is 13.6. The fraction of sp³-hybridized carbons (Fsp3) is 0.409. The molecule has 9 nitrogen and oxygen atoms in total. The Balaban J connectivity index is 1.76. The highest BCUT2D eigenvalue weighted by molar-refractivity contribution is 7.92. The minimum atomic E-state index is -3.53. The van der Waals surface area contributed by atoms with E-state index in [4.69, 9.17) is 0 Å². The van der Waals surface area contributed by atoms with Gasteiger partial charge in [0.2, 0.25) is 10.0 Å². The normalized spacial score (nSPS) is 17.0. The Morgan fingerprint density at radius 2 is 1.94 bits per heavy atom. The topological polar surface area (TPSA) is 108 Å². The summed E-state index contributed by atoms with van der Waals surface area (Å²) in [7, 11) is -2.09. The number of anilines is 1. The second-order valence-corrected chi connectivity index (χ2v) is 10.3. The molecule has 3 aromatic rings. The highest BCUT2D eigenvalue weighted by Gasteiger charge is 2.32. The van der Waals surface area contributed by atoms with Gasteiger partial charge < -0.3 is 4.90 Å². The van der Waals surface area contributed by atoms with Gasteiger partial charge in [-0.3, -0.25) is 19.0 Å². The third-order valence-electron chi connectivity index (χ3n) is 6.20. The van der Waals surface area contributed by atoms with E-state index < -0.39 is 10.0 Å². The van der Waals surface area contributed by atoms with Gasteiger partial charge >= 0.3 is 0 Å². The number of benzene rings is 1. The van der Waals surface area contributed by atoms with Crippen LogP contribution in [0.5, 0.6) is 0 Å². The molecule has 1 N–H and O–H groups in total. The van der Waals surface area contributed by atoms with Crippen LogP contribution in [0, 0.1) is 13.8 Å². The SMILES string of the molecule is Cc1nc2cc(C3CCCCN3C(=O)c3ccccc3N(C)S(C)(=O)=O)[nH]n2c(=O)c1C. The Hall–Kier alpha value is -3.14. The number of piperidine rings is 1. The maximum Gasteiger partial charge on any atom is 0.275 e. The van der Waals surface area contributed by atoms with Crippen LogP contribution in [0.4, 0.5) is 5.69 Å². The van der Waals surface area contributed by atoms with Gasteiger partial charge in [0.1, 0.15) is 0 Å². The van der Waals surface area contributed by atoms with Crippen molar-refractivity contribution in [2.45, 2.75) is 39.2 Å². The van der Waals surface area contributed by atoms with Crippen molar-refractivity contribution in [3.8, 4) is 0 Å². The quantitative estimate of drug-likeness (QED) is 0.647. The van der Waals surface area contributed by atoms with Crippen LogP contribution in [0.1, 0.15) is 52.6 Å². The molecule has 0 aliphatic carbocycles. The van der Waals surface area contributed by atoms with E-state index in [2.05, 4.69) is 10.1 Å². The number of aromatic nitrogens is 3. The van der Waals surface area contributed by atoms with Gasteiger partial charge in [0.15, 0.2) is 5.65 Å². The van der Waals surface area contributed by atoms with Crippen LogP contribution in [0.25, 0.3) is 5.65 Å². The number of aromatic amines is 1. The minimum Gasteiger partial charge on any atom is -0.330 e. The molecule has 0 bridgehead atoms. The first-order chi connectivity index (χ1) is 15.1. The summed E-state index contributed by atoms with van der Waals surface area (Å²) >= 11 is 0. The first-order valence-electron chi connectivity index (χ1n) is 10.5. The van der Waals surface area contributed by atoms with Gasteiger partial charge in [-0.1, -0.05) is 12.1 Å². The van der Waals surface area contributed by atoms with E-state index in [1.807, 2.05) is 6.07 Å². The van der Waals surface area contributed by atoms with Crippen molar-refractivity contribution in [1.29, 1.82) is 0 Å². The molecule has 2 aromatic heterocycles. The number of hydrogen-bond donors (Lipinski definition) is 1. The molecule has 32 heavy (non-hydrogen) atoms. The summed E-state index contributed by atoms with van der Waals surface area (Å²) in [5, 5.41) is 3.14. The smallest absolute Gasteiger partial charge is 0.275 e. The van der Waals surface area contributed by atoms with Gasteiger partial charge in [-0.05, 0) is 45.2 Å². The van der Waals surface area contributed by atoms with Crippen molar-refractivity contribution in [2.24, 2.45) is 0 Å². The van der Waals surface area contributed by atoms with Crippen molar-refractivity contribution >= 4 is 27.3 Å². The highest BCUT2D eigenvalue weighted by atomic mass is 32.2. The van der Waals surface area contributed by atoms with Gasteiger partial charge in [-0.2, -0.15) is 0 Å². The van der Waals surface area contributed by atoms with Crippen LogP contribution in [-0.4, -0.2) is 53.7 Å². The first kappa shape index (κ1) is 22.1. The van der Waals surface area contributed by atoms with Gasteiger partial charge in [0, 0.05) is 30.9 Å². The molecule has 4 rings (SSSR count). The van der Waals surface area contributed by atoms with Crippen LogP contribution in [0.3, 0.4) is 0 Å². The van der Waals surface area contributed by atoms with Gasteiger partial charge in [-0.15, -0.1) is 0 Å². The fourth-order valence-electron chi connectivity index (χ4n) is 4.17. The van der Waals surface area contributed by atoms with Crippen LogP contribution >= 0.6 is 0 Å². The van der Waals surface area contributed by atoms with Gasteiger partial charge in [0.05, 0.1) is 29.2 Å². The zero-order valence-electron chi connectivity index (χ0n) is 18.6. The summed E-state index contributed by atoms with van der Waals surface area (Å²) in [5.74, 6) is -0.243. The number of likely N-dealkylation sites (tertiary alicyclic amines) is 1. The molecule has 1 saturated heterocycles. The highest BCUT2D eigenvalue weighted by Crippen LogP contribution is 2.33. The van der Waals surface area contributed by atoms with Gasteiger partial charge in [-0.25, -0.2) is 17.9 Å². The summed E-state index contributed by atoms with van der Waals surface area (Å²) < 4.78 is 26.8. The number of H-pyrrole nitrogens is 1. The molecule has 1 aliphatic heterocycles. The summed E-state index contributed by atoms with van der Waals surface area (Å²) in [4.78, 5) is 32.5. The van der Waals surface area contributed by atoms with E-state index in [1.165, 1.54) is 11.6 Å². The predicted molar refractivity (Wildman–Crippen MR) is 123 cm³/mol. The first-order valence-corrected chi connectivity index (χ1v) is 12.4. The molecular weight excluding hydrogens is 430 g/mol. The Bertz CT molecular complexity index is 1360. The summed E-state index contributed by atoms with van der Waals surface area (Å²) in [6.07, 6.45) is 3.63. The molecule has 170 valence electrons. The molecular formula is C22H27N5O4S. The van der Waals surface area contributed by atoms with E-state index in [0.717, 1.165) is 35.5 Å².